The summed E-state index contributed by atoms with van der Waals surface area (Å²) in [6, 6.07) is 8.97. The molecule has 0 bridgehead atoms. The summed E-state index contributed by atoms with van der Waals surface area (Å²) in [4.78, 5) is 0. The van der Waals surface area contributed by atoms with Crippen LogP contribution >= 0.6 is 0 Å². The van der Waals surface area contributed by atoms with Crippen LogP contribution < -0.4 is 5.32 Å². The second-order valence-corrected chi connectivity index (χ2v) is 4.93. The first-order chi connectivity index (χ1) is 7.88. The Balaban J connectivity index is 1.64. The molecule has 1 nitrogen and oxygen atoms in total. The molecule has 16 heavy (non-hydrogen) atoms. The van der Waals surface area contributed by atoms with Crippen LogP contribution in [0.25, 0.3) is 0 Å². The molecule has 1 heteroatoms. The lowest BCUT2D eigenvalue weighted by Gasteiger charge is -2.25. The zero-order valence-electron chi connectivity index (χ0n) is 10.3. The number of aryl methyl sites for hydroxylation is 1. The number of hydrogen-bond acceptors (Lipinski definition) is 1. The van der Waals surface area contributed by atoms with E-state index in [2.05, 4.69) is 36.5 Å². The van der Waals surface area contributed by atoms with Crippen molar-refractivity contribution in [3.05, 3.63) is 35.4 Å². The zero-order valence-corrected chi connectivity index (χ0v) is 10.3. The Hall–Kier alpha value is -0.820. The van der Waals surface area contributed by atoms with Gasteiger partial charge >= 0.3 is 0 Å². The van der Waals surface area contributed by atoms with Crippen molar-refractivity contribution < 1.29 is 0 Å². The summed E-state index contributed by atoms with van der Waals surface area (Å²) in [5, 5.41) is 3.54. The van der Waals surface area contributed by atoms with Crippen molar-refractivity contribution in [3.63, 3.8) is 0 Å². The molecule has 1 aromatic rings. The molecule has 1 saturated carbocycles. The summed E-state index contributed by atoms with van der Waals surface area (Å²) in [7, 11) is 0. The molecule has 1 fully saturated rings. The Labute approximate surface area is 99.3 Å². The monoisotopic (exact) mass is 217 g/mol. The first-order valence-corrected chi connectivity index (χ1v) is 6.67. The van der Waals surface area contributed by atoms with Crippen molar-refractivity contribution in [1.29, 1.82) is 0 Å². The van der Waals surface area contributed by atoms with Gasteiger partial charge in [-0.2, -0.15) is 0 Å². The van der Waals surface area contributed by atoms with E-state index in [4.69, 9.17) is 0 Å². The maximum Gasteiger partial charge on any atom is 0.0205 e. The molecule has 0 saturated heterocycles. The van der Waals surface area contributed by atoms with Crippen molar-refractivity contribution in [2.45, 2.75) is 45.6 Å². The van der Waals surface area contributed by atoms with Crippen LogP contribution in [0.15, 0.2) is 24.3 Å². The van der Waals surface area contributed by atoms with Crippen molar-refractivity contribution >= 4 is 0 Å². The van der Waals surface area contributed by atoms with Crippen LogP contribution in [0, 0.1) is 5.92 Å². The summed E-state index contributed by atoms with van der Waals surface area (Å²) in [6.45, 7) is 4.41. The molecule has 0 aliphatic heterocycles. The van der Waals surface area contributed by atoms with Gasteiger partial charge in [0.1, 0.15) is 0 Å². The average Bonchev–Trinajstić information content (AvgIpc) is 2.27. The molecule has 1 N–H and O–H groups in total. The van der Waals surface area contributed by atoms with E-state index in [9.17, 15) is 0 Å². The summed E-state index contributed by atoms with van der Waals surface area (Å²) >= 11 is 0. The number of nitrogens with one attached hydrogen (secondary N) is 1. The maximum absolute atomic E-state index is 3.54. The van der Waals surface area contributed by atoms with Crippen molar-refractivity contribution in [2.24, 2.45) is 5.92 Å². The molecular weight excluding hydrogens is 194 g/mol. The van der Waals surface area contributed by atoms with Crippen molar-refractivity contribution in [1.82, 2.24) is 5.32 Å². The second-order valence-electron chi connectivity index (χ2n) is 4.93. The van der Waals surface area contributed by atoms with E-state index in [-0.39, 0.29) is 0 Å². The third-order valence-corrected chi connectivity index (χ3v) is 3.71. The number of benzene rings is 1. The average molecular weight is 217 g/mol. The number of rotatable bonds is 6. The van der Waals surface area contributed by atoms with Gasteiger partial charge in [-0.25, -0.2) is 0 Å². The molecule has 0 spiro atoms. The van der Waals surface area contributed by atoms with Crippen molar-refractivity contribution in [2.75, 3.05) is 6.54 Å². The standard InChI is InChI=1S/C15H23N/c1-2-13-6-8-15(9-7-13)12-16-11-10-14-4-3-5-14/h6-9,14,16H,2-5,10-12H2,1H3. The van der Waals surface area contributed by atoms with Crippen LogP contribution in [-0.4, -0.2) is 6.54 Å². The molecule has 1 aliphatic carbocycles. The minimum Gasteiger partial charge on any atom is -0.313 e. The minimum absolute atomic E-state index is 1.02. The summed E-state index contributed by atoms with van der Waals surface area (Å²) < 4.78 is 0. The van der Waals surface area contributed by atoms with Gasteiger partial charge in [-0.15, -0.1) is 0 Å². The van der Waals surface area contributed by atoms with Crippen molar-refractivity contribution in [3.8, 4) is 0 Å². The van der Waals surface area contributed by atoms with Gasteiger partial charge in [-0.1, -0.05) is 50.5 Å². The van der Waals surface area contributed by atoms with E-state index in [0.717, 1.165) is 18.9 Å². The predicted octanol–water partition coefficient (Wildman–Crippen LogP) is 3.53. The third kappa shape index (κ3) is 3.34. The van der Waals surface area contributed by atoms with E-state index < -0.39 is 0 Å². The maximum atomic E-state index is 3.54. The van der Waals surface area contributed by atoms with Crippen LogP contribution in [-0.2, 0) is 13.0 Å². The van der Waals surface area contributed by atoms with Gasteiger partial charge in [0.2, 0.25) is 0 Å². The van der Waals surface area contributed by atoms with Gasteiger partial charge in [0.25, 0.3) is 0 Å². The van der Waals surface area contributed by atoms with Crippen LogP contribution in [0.3, 0.4) is 0 Å². The molecule has 0 unspecified atom stereocenters. The highest BCUT2D eigenvalue weighted by atomic mass is 14.8. The molecule has 0 aromatic heterocycles. The van der Waals surface area contributed by atoms with E-state index in [1.54, 1.807) is 0 Å². The van der Waals surface area contributed by atoms with E-state index in [1.807, 2.05) is 0 Å². The largest absolute Gasteiger partial charge is 0.313 e. The molecule has 0 amide bonds. The predicted molar refractivity (Wildman–Crippen MR) is 69.5 cm³/mol. The van der Waals surface area contributed by atoms with Gasteiger partial charge in [0.15, 0.2) is 0 Å². The van der Waals surface area contributed by atoms with Crippen LogP contribution in [0.1, 0.15) is 43.7 Å². The summed E-state index contributed by atoms with van der Waals surface area (Å²) in [6.07, 6.45) is 6.89. The molecule has 1 aromatic carbocycles. The quantitative estimate of drug-likeness (QED) is 0.719. The molecule has 0 radical (unpaired) electrons. The summed E-state index contributed by atoms with van der Waals surface area (Å²) in [5.41, 5.74) is 2.84. The highest BCUT2D eigenvalue weighted by Crippen LogP contribution is 2.28. The van der Waals surface area contributed by atoms with E-state index in [0.29, 0.717) is 0 Å². The first-order valence-electron chi connectivity index (χ1n) is 6.67. The Morgan fingerprint density at radius 1 is 1.12 bits per heavy atom. The lowest BCUT2D eigenvalue weighted by atomic mass is 9.83. The van der Waals surface area contributed by atoms with E-state index >= 15 is 0 Å². The fraction of sp³-hybridized carbons (Fsp3) is 0.600. The smallest absolute Gasteiger partial charge is 0.0205 e. The lowest BCUT2D eigenvalue weighted by Crippen LogP contribution is -2.21. The van der Waals surface area contributed by atoms with Gasteiger partial charge in [0.05, 0.1) is 0 Å². The summed E-state index contributed by atoms with van der Waals surface area (Å²) in [5.74, 6) is 1.02. The van der Waals surface area contributed by atoms with Crippen LogP contribution in [0.5, 0.6) is 0 Å². The second kappa shape index (κ2) is 6.05. The Morgan fingerprint density at radius 3 is 2.38 bits per heavy atom. The third-order valence-electron chi connectivity index (χ3n) is 3.71. The molecule has 0 atom stereocenters. The highest BCUT2D eigenvalue weighted by Gasteiger charge is 2.15. The molecule has 1 aliphatic rings. The topological polar surface area (TPSA) is 12.0 Å². The van der Waals surface area contributed by atoms with Gasteiger partial charge in [0, 0.05) is 6.54 Å². The number of hydrogen-bond donors (Lipinski definition) is 1. The lowest BCUT2D eigenvalue weighted by molar-refractivity contribution is 0.292. The molecule has 2 rings (SSSR count). The van der Waals surface area contributed by atoms with E-state index in [1.165, 1.54) is 43.4 Å². The Morgan fingerprint density at radius 2 is 1.81 bits per heavy atom. The van der Waals surface area contributed by atoms with Gasteiger partial charge in [-0.05, 0) is 36.4 Å². The first kappa shape index (κ1) is 11.7. The van der Waals surface area contributed by atoms with Gasteiger partial charge in [-0.3, -0.25) is 0 Å². The zero-order chi connectivity index (χ0) is 11.2. The Kier molecular flexibility index (Phi) is 4.41. The highest BCUT2D eigenvalue weighted by molar-refractivity contribution is 5.22. The molecular formula is C15H23N. The van der Waals surface area contributed by atoms with Gasteiger partial charge < -0.3 is 5.32 Å². The fourth-order valence-corrected chi connectivity index (χ4v) is 2.21. The van der Waals surface area contributed by atoms with Crippen LogP contribution in [0.4, 0.5) is 0 Å². The molecule has 0 heterocycles. The normalized spacial score (nSPS) is 16.1. The Bertz CT molecular complexity index is 298. The molecule has 88 valence electrons. The SMILES string of the molecule is CCc1ccc(CNCCC2CCC2)cc1. The van der Waals surface area contributed by atoms with Crippen LogP contribution in [0.2, 0.25) is 0 Å². The fourth-order valence-electron chi connectivity index (χ4n) is 2.21. The minimum atomic E-state index is 1.02.